The second-order valence-electron chi connectivity index (χ2n) is 4.06. The van der Waals surface area contributed by atoms with Gasteiger partial charge in [0.15, 0.2) is 0 Å². The number of pyridine rings is 1. The summed E-state index contributed by atoms with van der Waals surface area (Å²) in [6.07, 6.45) is 1.69. The van der Waals surface area contributed by atoms with E-state index < -0.39 is 0 Å². The maximum atomic E-state index is 6.11. The van der Waals surface area contributed by atoms with Gasteiger partial charge in [0, 0.05) is 6.20 Å². The lowest BCUT2D eigenvalue weighted by atomic mass is 10.2. The molecule has 0 aliphatic heterocycles. The first-order valence-electron chi connectivity index (χ1n) is 5.43. The molecule has 2 N–H and O–H groups in total. The Morgan fingerprint density at radius 3 is 2.78 bits per heavy atom. The van der Waals surface area contributed by atoms with Crippen LogP contribution in [0, 0.1) is 13.8 Å². The number of halogens is 1. The zero-order valence-electron chi connectivity index (χ0n) is 10.1. The number of rotatable bonds is 3. The number of thiocarbonyl (C=S) groups is 1. The molecule has 0 aliphatic carbocycles. The minimum atomic E-state index is 0.295. The molecular formula is C12H13ClN4S. The monoisotopic (exact) mass is 280 g/mol. The predicted molar refractivity (Wildman–Crippen MR) is 75.9 cm³/mol. The van der Waals surface area contributed by atoms with Crippen molar-refractivity contribution in [1.82, 2.24) is 14.8 Å². The summed E-state index contributed by atoms with van der Waals surface area (Å²) in [5, 5.41) is 5.09. The Morgan fingerprint density at radius 1 is 1.50 bits per heavy atom. The van der Waals surface area contributed by atoms with Crippen molar-refractivity contribution in [3.8, 4) is 0 Å². The van der Waals surface area contributed by atoms with Crippen LogP contribution in [-0.2, 0) is 6.54 Å². The van der Waals surface area contributed by atoms with Gasteiger partial charge < -0.3 is 5.73 Å². The van der Waals surface area contributed by atoms with Gasteiger partial charge in [-0.25, -0.2) is 0 Å². The van der Waals surface area contributed by atoms with Crippen LogP contribution in [0.1, 0.15) is 22.6 Å². The fraction of sp³-hybridized carbons (Fsp3) is 0.250. The van der Waals surface area contributed by atoms with E-state index in [1.165, 1.54) is 0 Å². The van der Waals surface area contributed by atoms with Crippen molar-refractivity contribution in [2.24, 2.45) is 5.73 Å². The summed E-state index contributed by atoms with van der Waals surface area (Å²) in [5.41, 5.74) is 9.00. The Kier molecular flexibility index (Phi) is 3.63. The smallest absolute Gasteiger partial charge is 0.122 e. The van der Waals surface area contributed by atoms with E-state index in [9.17, 15) is 0 Å². The van der Waals surface area contributed by atoms with Gasteiger partial charge in [-0.1, -0.05) is 23.8 Å². The van der Waals surface area contributed by atoms with Gasteiger partial charge in [-0.15, -0.1) is 0 Å². The van der Waals surface area contributed by atoms with Gasteiger partial charge in [0.05, 0.1) is 28.6 Å². The van der Waals surface area contributed by atoms with Crippen molar-refractivity contribution in [2.45, 2.75) is 20.4 Å². The third kappa shape index (κ3) is 2.52. The molecule has 0 amide bonds. The van der Waals surface area contributed by atoms with Crippen molar-refractivity contribution in [3.63, 3.8) is 0 Å². The summed E-state index contributed by atoms with van der Waals surface area (Å²) >= 11 is 11.0. The van der Waals surface area contributed by atoms with Crippen LogP contribution >= 0.6 is 23.8 Å². The summed E-state index contributed by atoms with van der Waals surface area (Å²) in [7, 11) is 0. The molecule has 0 bridgehead atoms. The van der Waals surface area contributed by atoms with Crippen molar-refractivity contribution >= 4 is 28.8 Å². The van der Waals surface area contributed by atoms with Gasteiger partial charge in [0.2, 0.25) is 0 Å². The number of aromatic nitrogens is 3. The minimum Gasteiger partial charge on any atom is -0.388 e. The van der Waals surface area contributed by atoms with Gasteiger partial charge in [-0.2, -0.15) is 5.10 Å². The number of nitrogens with zero attached hydrogens (tertiary/aromatic N) is 3. The van der Waals surface area contributed by atoms with Crippen LogP contribution in [0.25, 0.3) is 0 Å². The van der Waals surface area contributed by atoms with Gasteiger partial charge >= 0.3 is 0 Å². The van der Waals surface area contributed by atoms with E-state index >= 15 is 0 Å². The highest BCUT2D eigenvalue weighted by Crippen LogP contribution is 2.19. The van der Waals surface area contributed by atoms with Gasteiger partial charge in [0.1, 0.15) is 4.99 Å². The van der Waals surface area contributed by atoms with E-state index in [0.717, 1.165) is 17.0 Å². The number of hydrogen-bond donors (Lipinski definition) is 1. The maximum absolute atomic E-state index is 6.11. The van der Waals surface area contributed by atoms with Crippen LogP contribution in [0.3, 0.4) is 0 Å². The Bertz CT molecular complexity index is 606. The zero-order valence-corrected chi connectivity index (χ0v) is 11.7. The lowest BCUT2D eigenvalue weighted by Crippen LogP contribution is -2.12. The Labute approximate surface area is 116 Å². The topological polar surface area (TPSA) is 56.7 Å². The van der Waals surface area contributed by atoms with Crippen LogP contribution in [0.2, 0.25) is 5.02 Å². The molecule has 0 saturated carbocycles. The predicted octanol–water partition coefficient (Wildman–Crippen LogP) is 2.23. The molecule has 4 nitrogen and oxygen atoms in total. The average molecular weight is 281 g/mol. The molecule has 0 saturated heterocycles. The lowest BCUT2D eigenvalue weighted by molar-refractivity contribution is 0.658. The van der Waals surface area contributed by atoms with Crippen molar-refractivity contribution in [3.05, 3.63) is 46.0 Å². The number of aryl methyl sites for hydroxylation is 1. The van der Waals surface area contributed by atoms with Gasteiger partial charge in [-0.05, 0) is 31.5 Å². The van der Waals surface area contributed by atoms with Crippen LogP contribution in [-0.4, -0.2) is 19.8 Å². The molecule has 94 valence electrons. The van der Waals surface area contributed by atoms with Crippen molar-refractivity contribution in [1.29, 1.82) is 0 Å². The molecule has 0 radical (unpaired) electrons. The molecule has 2 aromatic rings. The van der Waals surface area contributed by atoms with Gasteiger partial charge in [0.25, 0.3) is 0 Å². The Hall–Kier alpha value is -1.46. The van der Waals surface area contributed by atoms with E-state index in [-0.39, 0.29) is 0 Å². The summed E-state index contributed by atoms with van der Waals surface area (Å²) in [4.78, 5) is 4.40. The normalized spacial score (nSPS) is 10.6. The number of hydrogen-bond acceptors (Lipinski definition) is 3. The molecule has 0 fully saturated rings. The molecule has 2 rings (SSSR count). The largest absolute Gasteiger partial charge is 0.388 e. The quantitative estimate of drug-likeness (QED) is 0.876. The molecule has 2 aromatic heterocycles. The average Bonchev–Trinajstić information content (AvgIpc) is 2.57. The fourth-order valence-corrected chi connectivity index (χ4v) is 1.96. The highest BCUT2D eigenvalue weighted by molar-refractivity contribution is 7.80. The van der Waals surface area contributed by atoms with E-state index in [4.69, 9.17) is 29.6 Å². The third-order valence-electron chi connectivity index (χ3n) is 2.70. The molecule has 0 aromatic carbocycles. The van der Waals surface area contributed by atoms with Gasteiger partial charge in [-0.3, -0.25) is 9.67 Å². The molecule has 0 aliphatic rings. The van der Waals surface area contributed by atoms with E-state index in [1.54, 1.807) is 6.20 Å². The molecular weight excluding hydrogens is 268 g/mol. The van der Waals surface area contributed by atoms with Crippen LogP contribution in [0.4, 0.5) is 0 Å². The van der Waals surface area contributed by atoms with Crippen molar-refractivity contribution < 1.29 is 0 Å². The molecule has 6 heteroatoms. The van der Waals surface area contributed by atoms with Crippen molar-refractivity contribution in [2.75, 3.05) is 0 Å². The number of nitrogens with two attached hydrogens (primary N) is 1. The molecule has 0 spiro atoms. The summed E-state index contributed by atoms with van der Waals surface area (Å²) in [5.74, 6) is 0. The first-order chi connectivity index (χ1) is 8.49. The second kappa shape index (κ2) is 5.04. The molecule has 2 heterocycles. The second-order valence-corrected chi connectivity index (χ2v) is 4.87. The highest BCUT2D eigenvalue weighted by atomic mass is 35.5. The van der Waals surface area contributed by atoms with E-state index in [1.807, 2.05) is 30.7 Å². The SMILES string of the molecule is Cc1nn(Cc2ccnc(C(N)=S)c2)c(C)c1Cl. The molecule has 0 atom stereocenters. The minimum absolute atomic E-state index is 0.295. The zero-order chi connectivity index (χ0) is 13.3. The summed E-state index contributed by atoms with van der Waals surface area (Å²) in [6.45, 7) is 4.45. The lowest BCUT2D eigenvalue weighted by Gasteiger charge is -2.06. The third-order valence-corrected chi connectivity index (χ3v) is 3.46. The summed E-state index contributed by atoms with van der Waals surface area (Å²) < 4.78 is 1.86. The van der Waals surface area contributed by atoms with Crippen LogP contribution in [0.5, 0.6) is 0 Å². The first-order valence-corrected chi connectivity index (χ1v) is 6.22. The van der Waals surface area contributed by atoms with E-state index in [2.05, 4.69) is 10.1 Å². The standard InChI is InChI=1S/C12H13ClN4S/c1-7-11(13)8(2)17(16-7)6-9-3-4-15-10(5-9)12(14)18/h3-5H,6H2,1-2H3,(H2,14,18). The van der Waals surface area contributed by atoms with Crippen LogP contribution < -0.4 is 5.73 Å². The Balaban J connectivity index is 2.31. The highest BCUT2D eigenvalue weighted by Gasteiger charge is 2.09. The summed E-state index contributed by atoms with van der Waals surface area (Å²) in [6, 6.07) is 3.78. The first kappa shape index (κ1) is 13.0. The Morgan fingerprint density at radius 2 is 2.22 bits per heavy atom. The maximum Gasteiger partial charge on any atom is 0.122 e. The molecule has 0 unspecified atom stereocenters. The molecule has 18 heavy (non-hydrogen) atoms. The fourth-order valence-electron chi connectivity index (χ4n) is 1.71. The van der Waals surface area contributed by atoms with E-state index in [0.29, 0.717) is 22.2 Å². The van der Waals surface area contributed by atoms with Crippen LogP contribution in [0.15, 0.2) is 18.3 Å².